The first-order valence-electron chi connectivity index (χ1n) is 3.80. The van der Waals surface area contributed by atoms with E-state index in [9.17, 15) is 4.79 Å². The van der Waals surface area contributed by atoms with Crippen molar-refractivity contribution in [2.75, 3.05) is 0 Å². The molecule has 1 aliphatic carbocycles. The lowest BCUT2D eigenvalue weighted by Crippen LogP contribution is -2.34. The summed E-state index contributed by atoms with van der Waals surface area (Å²) in [5.74, 6) is -0.952. The van der Waals surface area contributed by atoms with Crippen molar-refractivity contribution >= 4 is 5.97 Å². The maximum absolute atomic E-state index is 10.7. The van der Waals surface area contributed by atoms with Gasteiger partial charge in [0, 0.05) is 17.8 Å². The first-order chi connectivity index (χ1) is 5.64. The third-order valence-electron chi connectivity index (χ3n) is 2.40. The largest absolute Gasteiger partial charge is 0.480 e. The van der Waals surface area contributed by atoms with Crippen LogP contribution in [0.2, 0.25) is 0 Å². The molecule has 0 amide bonds. The lowest BCUT2D eigenvalue weighted by molar-refractivity contribution is -0.139. The quantitative estimate of drug-likeness (QED) is 0.590. The van der Waals surface area contributed by atoms with E-state index >= 15 is 0 Å². The van der Waals surface area contributed by atoms with E-state index in [4.69, 9.17) is 10.8 Å². The van der Waals surface area contributed by atoms with Crippen molar-refractivity contribution in [1.82, 2.24) is 4.98 Å². The molecule has 4 N–H and O–H groups in total. The van der Waals surface area contributed by atoms with Crippen LogP contribution >= 0.6 is 0 Å². The summed E-state index contributed by atoms with van der Waals surface area (Å²) in [6, 6.07) is 3.71. The molecule has 0 spiro atoms. The highest BCUT2D eigenvalue weighted by molar-refractivity contribution is 5.84. The van der Waals surface area contributed by atoms with Gasteiger partial charge in [-0.05, 0) is 18.6 Å². The first-order valence-corrected chi connectivity index (χ1v) is 3.80. The van der Waals surface area contributed by atoms with Gasteiger partial charge >= 0.3 is 5.97 Å². The molecule has 0 radical (unpaired) electrons. The number of aromatic amines is 1. The van der Waals surface area contributed by atoms with Crippen LogP contribution in [0.3, 0.4) is 0 Å². The van der Waals surface area contributed by atoms with Gasteiger partial charge < -0.3 is 15.8 Å². The van der Waals surface area contributed by atoms with Crippen LogP contribution in [0.5, 0.6) is 0 Å². The van der Waals surface area contributed by atoms with E-state index in [1.54, 1.807) is 6.20 Å². The highest BCUT2D eigenvalue weighted by atomic mass is 16.4. The maximum atomic E-state index is 10.7. The summed E-state index contributed by atoms with van der Waals surface area (Å²) >= 11 is 0. The first kappa shape index (κ1) is 7.36. The Morgan fingerprint density at radius 2 is 2.58 bits per heavy atom. The molecule has 2 atom stereocenters. The Hall–Kier alpha value is -1.29. The number of aliphatic carboxylic acids is 1. The number of hydrogen-bond acceptors (Lipinski definition) is 2. The smallest absolute Gasteiger partial charge is 0.324 e. The monoisotopic (exact) mass is 166 g/mol. The molecule has 1 fully saturated rings. The molecule has 1 aromatic heterocycles. The maximum Gasteiger partial charge on any atom is 0.324 e. The van der Waals surface area contributed by atoms with Crippen molar-refractivity contribution in [2.24, 2.45) is 5.73 Å². The van der Waals surface area contributed by atoms with Crippen LogP contribution in [0.15, 0.2) is 18.3 Å². The number of carbonyl (C=O) groups is 1. The summed E-state index contributed by atoms with van der Waals surface area (Å²) in [5.41, 5.74) is 5.50. The van der Waals surface area contributed by atoms with E-state index < -0.39 is 11.5 Å². The molecule has 0 aliphatic heterocycles. The molecule has 0 aromatic carbocycles. The van der Waals surface area contributed by atoms with Gasteiger partial charge in [0.15, 0.2) is 0 Å². The molecule has 1 saturated carbocycles. The van der Waals surface area contributed by atoms with Gasteiger partial charge in [-0.1, -0.05) is 0 Å². The molecular formula is C8H10N2O2. The van der Waals surface area contributed by atoms with Gasteiger partial charge in [-0.15, -0.1) is 0 Å². The van der Waals surface area contributed by atoms with Crippen LogP contribution in [0.1, 0.15) is 18.0 Å². The summed E-state index contributed by atoms with van der Waals surface area (Å²) in [7, 11) is 0. The molecule has 2 unspecified atom stereocenters. The second-order valence-corrected chi connectivity index (χ2v) is 3.23. The summed E-state index contributed by atoms with van der Waals surface area (Å²) in [6.07, 6.45) is 2.30. The summed E-state index contributed by atoms with van der Waals surface area (Å²) in [6.45, 7) is 0. The average molecular weight is 166 g/mol. The number of hydrogen-bond donors (Lipinski definition) is 3. The van der Waals surface area contributed by atoms with Gasteiger partial charge in [-0.3, -0.25) is 4.79 Å². The van der Waals surface area contributed by atoms with Gasteiger partial charge in [-0.25, -0.2) is 0 Å². The van der Waals surface area contributed by atoms with Crippen LogP contribution in [-0.4, -0.2) is 21.6 Å². The number of carboxylic acids is 1. The molecular weight excluding hydrogens is 156 g/mol. The highest BCUT2D eigenvalue weighted by Gasteiger charge is 2.58. The zero-order chi connectivity index (χ0) is 8.77. The third-order valence-corrected chi connectivity index (χ3v) is 2.40. The second-order valence-electron chi connectivity index (χ2n) is 3.23. The lowest BCUT2D eigenvalue weighted by Gasteiger charge is -2.02. The van der Waals surface area contributed by atoms with Gasteiger partial charge in [0.2, 0.25) is 0 Å². The van der Waals surface area contributed by atoms with Crippen molar-refractivity contribution in [3.05, 3.63) is 24.0 Å². The van der Waals surface area contributed by atoms with Crippen molar-refractivity contribution in [1.29, 1.82) is 0 Å². The molecule has 4 nitrogen and oxygen atoms in total. The number of nitrogens with two attached hydrogens (primary N) is 1. The van der Waals surface area contributed by atoms with Crippen molar-refractivity contribution in [3.63, 3.8) is 0 Å². The van der Waals surface area contributed by atoms with E-state index in [0.717, 1.165) is 5.69 Å². The van der Waals surface area contributed by atoms with E-state index in [1.165, 1.54) is 0 Å². The Balaban J connectivity index is 2.19. The zero-order valence-electron chi connectivity index (χ0n) is 6.45. The minimum atomic E-state index is -1.02. The third kappa shape index (κ3) is 0.848. The standard InChI is InChI=1S/C8H10N2O2/c9-8(7(11)12)4-5(8)6-2-1-3-10-6/h1-3,5,10H,4,9H2,(H,11,12). The average Bonchev–Trinajstić information content (AvgIpc) is 2.49. The minimum absolute atomic E-state index is 0.0370. The number of H-pyrrole nitrogens is 1. The van der Waals surface area contributed by atoms with Crippen molar-refractivity contribution in [2.45, 2.75) is 17.9 Å². The van der Waals surface area contributed by atoms with Gasteiger partial charge in [0.25, 0.3) is 0 Å². The van der Waals surface area contributed by atoms with Gasteiger partial charge in [0.05, 0.1) is 0 Å². The Bertz CT molecular complexity index is 307. The highest BCUT2D eigenvalue weighted by Crippen LogP contribution is 2.48. The van der Waals surface area contributed by atoms with E-state index in [-0.39, 0.29) is 5.92 Å². The molecule has 1 aliphatic rings. The van der Waals surface area contributed by atoms with Crippen molar-refractivity contribution < 1.29 is 9.90 Å². The Morgan fingerprint density at radius 1 is 1.83 bits per heavy atom. The molecule has 1 heterocycles. The van der Waals surface area contributed by atoms with Gasteiger partial charge in [0.1, 0.15) is 5.54 Å². The van der Waals surface area contributed by atoms with Gasteiger partial charge in [-0.2, -0.15) is 0 Å². The molecule has 1 aromatic rings. The Morgan fingerprint density at radius 3 is 3.00 bits per heavy atom. The Labute approximate surface area is 69.4 Å². The molecule has 0 bridgehead atoms. The minimum Gasteiger partial charge on any atom is -0.480 e. The summed E-state index contributed by atoms with van der Waals surface area (Å²) < 4.78 is 0. The molecule has 12 heavy (non-hydrogen) atoms. The fourth-order valence-corrected chi connectivity index (χ4v) is 1.46. The Kier molecular flexibility index (Phi) is 1.29. The summed E-state index contributed by atoms with van der Waals surface area (Å²) in [5, 5.41) is 8.74. The van der Waals surface area contributed by atoms with E-state index in [2.05, 4.69) is 4.98 Å². The van der Waals surface area contributed by atoms with Crippen LogP contribution in [0.25, 0.3) is 0 Å². The summed E-state index contributed by atoms with van der Waals surface area (Å²) in [4.78, 5) is 13.6. The topological polar surface area (TPSA) is 79.1 Å². The van der Waals surface area contributed by atoms with Crippen molar-refractivity contribution in [3.8, 4) is 0 Å². The zero-order valence-corrected chi connectivity index (χ0v) is 6.45. The SMILES string of the molecule is NC1(C(=O)O)CC1c1ccc[nH]1. The molecule has 4 heteroatoms. The molecule has 0 saturated heterocycles. The number of carboxylic acid groups (broad SMARTS) is 1. The van der Waals surface area contributed by atoms with Crippen LogP contribution in [-0.2, 0) is 4.79 Å². The fraction of sp³-hybridized carbons (Fsp3) is 0.375. The predicted octanol–water partition coefficient (Wildman–Crippen LogP) is 0.284. The number of rotatable bonds is 2. The normalized spacial score (nSPS) is 33.2. The predicted molar refractivity (Wildman–Crippen MR) is 42.7 cm³/mol. The fourth-order valence-electron chi connectivity index (χ4n) is 1.46. The number of aromatic nitrogens is 1. The van der Waals surface area contributed by atoms with E-state index in [0.29, 0.717) is 6.42 Å². The lowest BCUT2D eigenvalue weighted by atomic mass is 10.2. The van der Waals surface area contributed by atoms with Crippen LogP contribution in [0.4, 0.5) is 0 Å². The molecule has 64 valence electrons. The van der Waals surface area contributed by atoms with E-state index in [1.807, 2.05) is 12.1 Å². The number of nitrogens with one attached hydrogen (secondary N) is 1. The van der Waals surface area contributed by atoms with Crippen LogP contribution in [0, 0.1) is 0 Å². The van der Waals surface area contributed by atoms with Crippen LogP contribution < -0.4 is 5.73 Å². The molecule has 2 rings (SSSR count). The second kappa shape index (κ2) is 2.10.